The summed E-state index contributed by atoms with van der Waals surface area (Å²) in [7, 11) is 1.61. The fourth-order valence-electron chi connectivity index (χ4n) is 4.21. The monoisotopic (exact) mass is 589 g/mol. The number of hydrogen-bond donors (Lipinski definition) is 2. The molecule has 1 fully saturated rings. The lowest BCUT2D eigenvalue weighted by Crippen LogP contribution is -2.28. The van der Waals surface area contributed by atoms with E-state index in [1.807, 2.05) is 0 Å². The molecule has 5 rings (SSSR count). The highest BCUT2D eigenvalue weighted by Crippen LogP contribution is 2.59. The van der Waals surface area contributed by atoms with E-state index < -0.39 is 23.3 Å². The number of anilines is 3. The molecule has 15 heteroatoms. The highest BCUT2D eigenvalue weighted by molar-refractivity contribution is 5.91. The Morgan fingerprint density at radius 2 is 1.88 bits per heavy atom. The Kier molecular flexibility index (Phi) is 8.49. The third-order valence-electron chi connectivity index (χ3n) is 6.72. The summed E-state index contributed by atoms with van der Waals surface area (Å²) >= 11 is 0. The zero-order valence-corrected chi connectivity index (χ0v) is 22.4. The Labute approximate surface area is 237 Å². The van der Waals surface area contributed by atoms with Crippen LogP contribution in [-0.2, 0) is 32.6 Å². The van der Waals surface area contributed by atoms with Crippen molar-refractivity contribution >= 4 is 23.4 Å². The van der Waals surface area contributed by atoms with Crippen LogP contribution in [0, 0.1) is 5.82 Å². The molecule has 2 N–H and O–H groups in total. The number of rotatable bonds is 13. The Morgan fingerprint density at radius 1 is 1.10 bits per heavy atom. The fourth-order valence-corrected chi connectivity index (χ4v) is 4.21. The lowest BCUT2D eigenvalue weighted by Gasteiger charge is -2.14. The van der Waals surface area contributed by atoms with Gasteiger partial charge in [-0.3, -0.25) is 9.48 Å². The number of methoxy groups -OCH3 is 1. The quantitative estimate of drug-likeness (QED) is 0.169. The largest absolute Gasteiger partial charge is 0.401 e. The van der Waals surface area contributed by atoms with Gasteiger partial charge in [-0.1, -0.05) is 17.3 Å². The van der Waals surface area contributed by atoms with Gasteiger partial charge in [0.25, 0.3) is 0 Å². The number of aromatic nitrogens is 5. The van der Waals surface area contributed by atoms with Crippen molar-refractivity contribution in [3.63, 3.8) is 0 Å². The minimum atomic E-state index is -4.47. The number of nitrogens with one attached hydrogen (secondary N) is 2. The van der Waals surface area contributed by atoms with Crippen LogP contribution in [0.2, 0.25) is 0 Å². The second kappa shape index (κ2) is 12.2. The predicted molar refractivity (Wildman–Crippen MR) is 141 cm³/mol. The molecule has 11 nitrogen and oxygen atoms in total. The van der Waals surface area contributed by atoms with Crippen molar-refractivity contribution < 1.29 is 36.4 Å². The maximum Gasteiger partial charge on any atom is 0.401 e. The number of amides is 1. The molecule has 3 heterocycles. The van der Waals surface area contributed by atoms with Gasteiger partial charge >= 0.3 is 6.18 Å². The average Bonchev–Trinajstić information content (AvgIpc) is 3.47. The molecule has 222 valence electrons. The Morgan fingerprint density at radius 3 is 2.57 bits per heavy atom. The van der Waals surface area contributed by atoms with Crippen LogP contribution in [0.1, 0.15) is 24.2 Å². The van der Waals surface area contributed by atoms with Crippen molar-refractivity contribution in [3.8, 4) is 11.1 Å². The number of halogens is 4. The lowest BCUT2D eigenvalue weighted by atomic mass is 10.0. The highest BCUT2D eigenvalue weighted by atomic mass is 19.4. The van der Waals surface area contributed by atoms with E-state index in [1.165, 1.54) is 24.5 Å². The van der Waals surface area contributed by atoms with Gasteiger partial charge < -0.3 is 24.6 Å². The molecule has 42 heavy (non-hydrogen) atoms. The SMILES string of the molecule is COCCOCCn1cc(Nc2ncc(-c3ccc(CC(=O)Nc4cc(C5(C(F)(F)F)CC5)on4)c(F)c3)cn2)cn1. The van der Waals surface area contributed by atoms with E-state index in [9.17, 15) is 22.4 Å². The Bertz CT molecular complexity index is 1520. The molecule has 1 saturated carbocycles. The predicted octanol–water partition coefficient (Wildman–Crippen LogP) is 4.65. The Balaban J connectivity index is 1.14. The number of nitrogens with zero attached hydrogens (tertiary/aromatic N) is 5. The van der Waals surface area contributed by atoms with Gasteiger partial charge in [0.2, 0.25) is 11.9 Å². The smallest absolute Gasteiger partial charge is 0.382 e. The summed E-state index contributed by atoms with van der Waals surface area (Å²) < 4.78 is 71.6. The molecule has 0 atom stereocenters. The van der Waals surface area contributed by atoms with Crippen LogP contribution >= 0.6 is 0 Å². The van der Waals surface area contributed by atoms with Gasteiger partial charge in [0, 0.05) is 37.3 Å². The van der Waals surface area contributed by atoms with Crippen molar-refractivity contribution in [2.24, 2.45) is 0 Å². The number of benzene rings is 1. The molecular weight excluding hydrogens is 562 g/mol. The van der Waals surface area contributed by atoms with E-state index in [-0.39, 0.29) is 36.4 Å². The second-order valence-electron chi connectivity index (χ2n) is 9.71. The number of carbonyl (C=O) groups excluding carboxylic acids is 1. The van der Waals surface area contributed by atoms with Crippen molar-refractivity contribution in [2.75, 3.05) is 37.6 Å². The first-order valence-corrected chi connectivity index (χ1v) is 13.0. The van der Waals surface area contributed by atoms with Crippen LogP contribution in [0.3, 0.4) is 0 Å². The van der Waals surface area contributed by atoms with Crippen LogP contribution in [0.15, 0.2) is 53.6 Å². The first kappa shape index (κ1) is 29.1. The third-order valence-corrected chi connectivity index (χ3v) is 6.72. The number of ether oxygens (including phenoxy) is 2. The summed E-state index contributed by atoms with van der Waals surface area (Å²) in [6, 6.07) is 5.37. The van der Waals surface area contributed by atoms with Crippen LogP contribution in [0.25, 0.3) is 11.1 Å². The number of alkyl halides is 3. The normalized spacial score (nSPS) is 14.1. The molecule has 4 aromatic rings. The maximum absolute atomic E-state index is 14.8. The van der Waals surface area contributed by atoms with Gasteiger partial charge in [-0.25, -0.2) is 14.4 Å². The molecule has 0 radical (unpaired) electrons. The molecule has 0 saturated heterocycles. The molecule has 0 aliphatic heterocycles. The topological polar surface area (TPSA) is 129 Å². The van der Waals surface area contributed by atoms with E-state index in [1.54, 1.807) is 30.3 Å². The summed E-state index contributed by atoms with van der Waals surface area (Å²) in [6.45, 7) is 2.09. The lowest BCUT2D eigenvalue weighted by molar-refractivity contribution is -0.165. The number of hydrogen-bond acceptors (Lipinski definition) is 9. The van der Waals surface area contributed by atoms with E-state index in [0.29, 0.717) is 49.1 Å². The third kappa shape index (κ3) is 6.74. The molecular formula is C27H27F4N7O4. The zero-order chi connectivity index (χ0) is 29.7. The van der Waals surface area contributed by atoms with Crippen molar-refractivity contribution in [1.82, 2.24) is 24.9 Å². The molecule has 0 bridgehead atoms. The summed E-state index contributed by atoms with van der Waals surface area (Å²) in [4.78, 5) is 21.0. The summed E-state index contributed by atoms with van der Waals surface area (Å²) in [5.74, 6) is -1.48. The Hall–Kier alpha value is -4.37. The standard InChI is InChI=1S/C27H27F4N7O4/c1-40-8-9-41-7-6-38-16-20(15-34-38)35-25-32-13-19(14-33-25)17-2-3-18(21(28)10-17)11-24(39)36-23-12-22(42-37-23)26(4-5-26)27(29,30)31/h2-3,10,12-16H,4-9,11H2,1H3,(H,32,33,35)(H,36,37,39). The van der Waals surface area contributed by atoms with Crippen molar-refractivity contribution in [1.29, 1.82) is 0 Å². The molecule has 0 spiro atoms. The molecule has 1 aliphatic carbocycles. The molecule has 1 amide bonds. The first-order valence-electron chi connectivity index (χ1n) is 13.0. The second-order valence-corrected chi connectivity index (χ2v) is 9.71. The van der Waals surface area contributed by atoms with E-state index in [0.717, 1.165) is 6.07 Å². The summed E-state index contributed by atoms with van der Waals surface area (Å²) in [5, 5.41) is 13.2. The van der Waals surface area contributed by atoms with E-state index in [2.05, 4.69) is 30.9 Å². The maximum atomic E-state index is 14.8. The average molecular weight is 590 g/mol. The molecule has 0 unspecified atom stereocenters. The van der Waals surface area contributed by atoms with Crippen LogP contribution in [-0.4, -0.2) is 63.9 Å². The van der Waals surface area contributed by atoms with Gasteiger partial charge in [0.05, 0.1) is 44.7 Å². The van der Waals surface area contributed by atoms with Gasteiger partial charge in [0.15, 0.2) is 11.6 Å². The molecule has 1 aromatic carbocycles. The van der Waals surface area contributed by atoms with Gasteiger partial charge in [-0.2, -0.15) is 18.3 Å². The van der Waals surface area contributed by atoms with E-state index in [4.69, 9.17) is 14.0 Å². The molecule has 3 aromatic heterocycles. The molecule has 1 aliphatic rings. The number of carbonyl (C=O) groups is 1. The van der Waals surface area contributed by atoms with Crippen molar-refractivity contribution in [3.05, 3.63) is 66.2 Å². The van der Waals surface area contributed by atoms with Crippen LogP contribution < -0.4 is 10.6 Å². The van der Waals surface area contributed by atoms with Gasteiger partial charge in [-0.15, -0.1) is 0 Å². The first-order chi connectivity index (χ1) is 20.2. The summed E-state index contributed by atoms with van der Waals surface area (Å²) in [6.07, 6.45) is 1.45. The van der Waals surface area contributed by atoms with E-state index >= 15 is 0 Å². The van der Waals surface area contributed by atoms with Gasteiger partial charge in [-0.05, 0) is 30.0 Å². The van der Waals surface area contributed by atoms with Gasteiger partial charge in [0.1, 0.15) is 11.2 Å². The fraction of sp³-hybridized carbons (Fsp3) is 0.370. The van der Waals surface area contributed by atoms with Crippen molar-refractivity contribution in [2.45, 2.75) is 37.4 Å². The minimum Gasteiger partial charge on any atom is -0.382 e. The van der Waals surface area contributed by atoms with Crippen LogP contribution in [0.5, 0.6) is 0 Å². The van der Waals surface area contributed by atoms with Crippen LogP contribution in [0.4, 0.5) is 35.0 Å². The minimum absolute atomic E-state index is 0.0919. The zero-order valence-electron chi connectivity index (χ0n) is 22.4. The summed E-state index contributed by atoms with van der Waals surface area (Å²) in [5.41, 5.74) is -0.233. The highest BCUT2D eigenvalue weighted by Gasteiger charge is 2.66.